The van der Waals surface area contributed by atoms with E-state index in [1.54, 1.807) is 12.2 Å². The van der Waals surface area contributed by atoms with Crippen LogP contribution in [-0.2, 0) is 20.4 Å². The van der Waals surface area contributed by atoms with Crippen LogP contribution in [0.4, 0.5) is 11.4 Å². The number of thioether (sulfide) groups is 2. The van der Waals surface area contributed by atoms with Gasteiger partial charge in [-0.05, 0) is 23.3 Å². The Balaban J connectivity index is 1.17. The van der Waals surface area contributed by atoms with E-state index in [4.69, 9.17) is 0 Å². The predicted molar refractivity (Wildman–Crippen MR) is 163 cm³/mol. The minimum absolute atomic E-state index is 0.0400. The summed E-state index contributed by atoms with van der Waals surface area (Å²) in [6.07, 6.45) is 3.52. The van der Waals surface area contributed by atoms with E-state index in [-0.39, 0.29) is 33.9 Å². The summed E-state index contributed by atoms with van der Waals surface area (Å²) in [4.78, 5) is 30.0. The lowest BCUT2D eigenvalue weighted by Gasteiger charge is -2.23. The molecule has 0 aliphatic carbocycles. The summed E-state index contributed by atoms with van der Waals surface area (Å²) in [6, 6.07) is 16.5. The predicted octanol–water partition coefficient (Wildman–Crippen LogP) is 6.48. The summed E-state index contributed by atoms with van der Waals surface area (Å²) >= 11 is 4.19. The Morgan fingerprint density at radius 3 is 1.51 bits per heavy atom. The Morgan fingerprint density at radius 1 is 0.744 bits per heavy atom. The van der Waals surface area contributed by atoms with Gasteiger partial charge >= 0.3 is 0 Å². The maximum atomic E-state index is 12.9. The summed E-state index contributed by atoms with van der Waals surface area (Å²) in [6.45, 7) is 8.60. The lowest BCUT2D eigenvalue weighted by molar-refractivity contribution is -0.113. The van der Waals surface area contributed by atoms with Gasteiger partial charge in [0.05, 0.1) is 11.5 Å². The standard InChI is InChI=1S/C30H32N4O2S3/c1-29(2)21-11-7-9-13-23(21)33(5)25(29)15-19(35)17-37-27-31-32-28(39-27)38-18-20(36)16-26-30(3,4)22-12-8-10-14-24(22)34(26)6/h7-16H,17-18H2,1-6H3/b25-15-,26-16+. The molecule has 2 aliphatic rings. The van der Waals surface area contributed by atoms with Crippen molar-refractivity contribution in [2.45, 2.75) is 47.2 Å². The molecule has 0 fully saturated rings. The second-order valence-corrected chi connectivity index (χ2v) is 14.2. The third kappa shape index (κ3) is 5.19. The number of rotatable bonds is 8. The maximum Gasteiger partial charge on any atom is 0.175 e. The molecule has 0 saturated heterocycles. The highest BCUT2D eigenvalue weighted by atomic mass is 32.2. The number of carbonyl (C=O) groups is 2. The van der Waals surface area contributed by atoms with E-state index in [9.17, 15) is 9.59 Å². The molecule has 5 rings (SSSR count). The van der Waals surface area contributed by atoms with E-state index < -0.39 is 0 Å². The molecule has 6 nitrogen and oxygen atoms in total. The number of ketones is 2. The van der Waals surface area contributed by atoms with Gasteiger partial charge in [0.1, 0.15) is 0 Å². The normalized spacial score (nSPS) is 19.0. The zero-order valence-electron chi connectivity index (χ0n) is 23.0. The molecule has 0 unspecified atom stereocenters. The number of benzene rings is 2. The van der Waals surface area contributed by atoms with Crippen LogP contribution in [0.3, 0.4) is 0 Å². The lowest BCUT2D eigenvalue weighted by Crippen LogP contribution is -2.24. The Morgan fingerprint density at radius 2 is 1.13 bits per heavy atom. The van der Waals surface area contributed by atoms with Crippen LogP contribution in [0.1, 0.15) is 38.8 Å². The molecular weight excluding hydrogens is 545 g/mol. The van der Waals surface area contributed by atoms with Gasteiger partial charge in [-0.1, -0.05) is 99.0 Å². The molecule has 1 aromatic heterocycles. The number of para-hydroxylation sites is 2. The number of fused-ring (bicyclic) bond motifs is 2. The molecule has 0 amide bonds. The minimum Gasteiger partial charge on any atom is -0.347 e. The van der Waals surface area contributed by atoms with Crippen molar-refractivity contribution in [3.8, 4) is 0 Å². The van der Waals surface area contributed by atoms with Gasteiger partial charge in [-0.15, -0.1) is 10.2 Å². The van der Waals surface area contributed by atoms with Crippen molar-refractivity contribution >= 4 is 57.8 Å². The topological polar surface area (TPSA) is 66.4 Å². The van der Waals surface area contributed by atoms with Crippen LogP contribution in [0.5, 0.6) is 0 Å². The monoisotopic (exact) mass is 576 g/mol. The molecule has 3 heterocycles. The fourth-order valence-corrected chi connectivity index (χ4v) is 8.15. The molecule has 2 aliphatic heterocycles. The van der Waals surface area contributed by atoms with Crippen molar-refractivity contribution in [1.82, 2.24) is 10.2 Å². The molecule has 0 N–H and O–H groups in total. The summed E-state index contributed by atoms with van der Waals surface area (Å²) < 4.78 is 1.45. The van der Waals surface area contributed by atoms with Gasteiger partial charge in [-0.3, -0.25) is 9.59 Å². The van der Waals surface area contributed by atoms with Gasteiger partial charge in [0.25, 0.3) is 0 Å². The van der Waals surface area contributed by atoms with Crippen LogP contribution in [-0.4, -0.2) is 47.4 Å². The average Bonchev–Trinajstić information content (AvgIpc) is 3.51. The number of hydrogen-bond acceptors (Lipinski definition) is 9. The average molecular weight is 577 g/mol. The summed E-state index contributed by atoms with van der Waals surface area (Å²) in [5.41, 5.74) is 6.25. The SMILES string of the molecule is CN1/C(=C\C(=O)CSc2nnc(SCC(=O)/C=C3/N(C)c4ccccc4C3(C)C)s2)C(C)(C)c2ccccc21. The van der Waals surface area contributed by atoms with Gasteiger partial charge in [0, 0.05) is 59.8 Å². The third-order valence-corrected chi connectivity index (χ3v) is 10.8. The number of nitrogens with zero attached hydrogens (tertiary/aromatic N) is 4. The van der Waals surface area contributed by atoms with Gasteiger partial charge in [0.2, 0.25) is 0 Å². The number of hydrogen-bond donors (Lipinski definition) is 0. The second-order valence-electron chi connectivity index (χ2n) is 10.8. The Bertz CT molecular complexity index is 1400. The molecule has 39 heavy (non-hydrogen) atoms. The first-order chi connectivity index (χ1) is 18.5. The first-order valence-corrected chi connectivity index (χ1v) is 15.5. The van der Waals surface area contributed by atoms with Gasteiger partial charge in [-0.2, -0.15) is 0 Å². The van der Waals surface area contributed by atoms with E-state index in [1.165, 1.54) is 46.0 Å². The smallest absolute Gasteiger partial charge is 0.175 e. The zero-order chi connectivity index (χ0) is 27.9. The number of likely N-dealkylation sites (N-methyl/N-ethyl adjacent to an activating group) is 2. The number of allylic oxidation sites excluding steroid dienone is 4. The highest BCUT2D eigenvalue weighted by molar-refractivity contribution is 8.03. The molecule has 9 heteroatoms. The number of aromatic nitrogens is 2. The third-order valence-electron chi connectivity index (χ3n) is 7.54. The van der Waals surface area contributed by atoms with Gasteiger partial charge in [0.15, 0.2) is 20.2 Å². The van der Waals surface area contributed by atoms with Crippen LogP contribution >= 0.6 is 34.9 Å². The summed E-state index contributed by atoms with van der Waals surface area (Å²) in [5.74, 6) is 0.656. The molecule has 0 bridgehead atoms. The quantitative estimate of drug-likeness (QED) is 0.223. The van der Waals surface area contributed by atoms with E-state index in [0.29, 0.717) is 0 Å². The first-order valence-electron chi connectivity index (χ1n) is 12.8. The van der Waals surface area contributed by atoms with Gasteiger partial charge < -0.3 is 9.80 Å². The fraction of sp³-hybridized carbons (Fsp3) is 0.333. The van der Waals surface area contributed by atoms with Crippen LogP contribution in [0.2, 0.25) is 0 Å². The highest BCUT2D eigenvalue weighted by Gasteiger charge is 2.39. The Labute approximate surface area is 242 Å². The number of anilines is 2. The first kappa shape index (κ1) is 27.7. The van der Waals surface area contributed by atoms with Crippen molar-refractivity contribution in [3.05, 3.63) is 83.2 Å². The Hall–Kier alpha value is -2.88. The van der Waals surface area contributed by atoms with E-state index >= 15 is 0 Å². The van der Waals surface area contributed by atoms with E-state index in [1.807, 2.05) is 38.4 Å². The molecule has 0 atom stereocenters. The molecular formula is C30H32N4O2S3. The second kappa shape index (κ2) is 10.6. The van der Waals surface area contributed by atoms with Crippen LogP contribution < -0.4 is 9.80 Å². The molecule has 2 aromatic carbocycles. The molecule has 202 valence electrons. The number of carbonyl (C=O) groups excluding carboxylic acids is 2. The van der Waals surface area contributed by atoms with Crippen molar-refractivity contribution in [2.75, 3.05) is 35.4 Å². The van der Waals surface area contributed by atoms with Crippen molar-refractivity contribution in [2.24, 2.45) is 0 Å². The van der Waals surface area contributed by atoms with Crippen molar-refractivity contribution < 1.29 is 9.59 Å². The van der Waals surface area contributed by atoms with Crippen molar-refractivity contribution in [1.29, 1.82) is 0 Å². The Kier molecular flexibility index (Phi) is 7.52. The molecule has 0 radical (unpaired) electrons. The largest absolute Gasteiger partial charge is 0.347 e. The lowest BCUT2D eigenvalue weighted by atomic mass is 9.83. The fourth-order valence-electron chi connectivity index (χ4n) is 5.49. The zero-order valence-corrected chi connectivity index (χ0v) is 25.5. The van der Waals surface area contributed by atoms with E-state index in [0.717, 1.165) is 31.4 Å². The van der Waals surface area contributed by atoms with Crippen LogP contribution in [0, 0.1) is 0 Å². The molecule has 3 aromatic rings. The van der Waals surface area contributed by atoms with E-state index in [2.05, 4.69) is 72.0 Å². The van der Waals surface area contributed by atoms with Crippen molar-refractivity contribution in [3.63, 3.8) is 0 Å². The van der Waals surface area contributed by atoms with Crippen LogP contribution in [0.15, 0.2) is 80.8 Å². The summed E-state index contributed by atoms with van der Waals surface area (Å²) in [5, 5.41) is 8.46. The van der Waals surface area contributed by atoms with Crippen LogP contribution in [0.25, 0.3) is 0 Å². The minimum atomic E-state index is -0.231. The highest BCUT2D eigenvalue weighted by Crippen LogP contribution is 2.47. The molecule has 0 spiro atoms. The molecule has 0 saturated carbocycles. The van der Waals surface area contributed by atoms with Gasteiger partial charge in [-0.25, -0.2) is 0 Å². The summed E-state index contributed by atoms with van der Waals surface area (Å²) in [7, 11) is 4.02. The maximum absolute atomic E-state index is 12.9.